The fraction of sp³-hybridized carbons (Fsp3) is 0.250. The number of aromatic nitrogens is 1. The lowest BCUT2D eigenvalue weighted by molar-refractivity contribution is -0.130. The van der Waals surface area contributed by atoms with Crippen LogP contribution in [-0.2, 0) is 17.8 Å². The Hall–Kier alpha value is -2.62. The highest BCUT2D eigenvalue weighted by atomic mass is 19.1. The zero-order valence-corrected chi connectivity index (χ0v) is 14.0. The van der Waals surface area contributed by atoms with Crippen molar-refractivity contribution >= 4 is 16.8 Å². The highest BCUT2D eigenvalue weighted by Crippen LogP contribution is 2.23. The molecule has 1 N–H and O–H groups in total. The molecule has 1 heterocycles. The minimum Gasteiger partial charge on any atom is -0.358 e. The Kier molecular flexibility index (Phi) is 4.65. The van der Waals surface area contributed by atoms with Gasteiger partial charge in [0.2, 0.25) is 5.91 Å². The van der Waals surface area contributed by atoms with Gasteiger partial charge in [-0.2, -0.15) is 0 Å². The maximum Gasteiger partial charge on any atom is 0.227 e. The monoisotopic (exact) mass is 324 g/mol. The first-order valence-electron chi connectivity index (χ1n) is 8.17. The Morgan fingerprint density at radius 1 is 1.17 bits per heavy atom. The molecule has 0 saturated carbocycles. The molecule has 0 bridgehead atoms. The summed E-state index contributed by atoms with van der Waals surface area (Å²) in [7, 11) is 0. The Labute approximate surface area is 141 Å². The topological polar surface area (TPSA) is 36.1 Å². The van der Waals surface area contributed by atoms with Gasteiger partial charge in [-0.05, 0) is 43.2 Å². The molecule has 0 aliphatic carbocycles. The Balaban J connectivity index is 1.80. The largest absolute Gasteiger partial charge is 0.358 e. The average Bonchev–Trinajstić information content (AvgIpc) is 2.88. The number of carbonyl (C=O) groups is 1. The van der Waals surface area contributed by atoms with E-state index >= 15 is 0 Å². The predicted octanol–water partition coefficient (Wildman–Crippen LogP) is 4.21. The van der Waals surface area contributed by atoms with Gasteiger partial charge < -0.3 is 9.88 Å². The summed E-state index contributed by atoms with van der Waals surface area (Å²) in [4.78, 5) is 17.8. The number of amides is 1. The summed E-state index contributed by atoms with van der Waals surface area (Å²) < 4.78 is 13.3. The van der Waals surface area contributed by atoms with Crippen LogP contribution < -0.4 is 0 Å². The molecule has 124 valence electrons. The van der Waals surface area contributed by atoms with Gasteiger partial charge in [-0.1, -0.05) is 30.3 Å². The number of aryl methyl sites for hydroxylation is 1. The van der Waals surface area contributed by atoms with Crippen LogP contribution in [0.2, 0.25) is 0 Å². The molecule has 0 atom stereocenters. The summed E-state index contributed by atoms with van der Waals surface area (Å²) in [6.07, 6.45) is 0.346. The Morgan fingerprint density at radius 3 is 2.71 bits per heavy atom. The fourth-order valence-electron chi connectivity index (χ4n) is 3.06. The first-order valence-corrected chi connectivity index (χ1v) is 8.17. The van der Waals surface area contributed by atoms with E-state index in [1.54, 1.807) is 11.0 Å². The Bertz CT molecular complexity index is 869. The zero-order chi connectivity index (χ0) is 17.1. The first-order chi connectivity index (χ1) is 11.6. The standard InChI is InChI=1S/C20H21FN2O/c1-3-23(13-15-7-6-8-16(21)11-15)20(24)12-18-14(2)22-19-10-5-4-9-17(18)19/h4-11,22H,3,12-13H2,1-2H3. The number of fused-ring (bicyclic) bond motifs is 1. The molecule has 1 amide bonds. The molecule has 24 heavy (non-hydrogen) atoms. The van der Waals surface area contributed by atoms with Crippen LogP contribution in [0.15, 0.2) is 48.5 Å². The third-order valence-electron chi connectivity index (χ3n) is 4.35. The quantitative estimate of drug-likeness (QED) is 0.750. The van der Waals surface area contributed by atoms with Crippen molar-refractivity contribution in [3.63, 3.8) is 0 Å². The zero-order valence-electron chi connectivity index (χ0n) is 14.0. The molecule has 0 saturated heterocycles. The summed E-state index contributed by atoms with van der Waals surface area (Å²) in [5.41, 5.74) is 3.91. The van der Waals surface area contributed by atoms with E-state index < -0.39 is 0 Å². The minimum atomic E-state index is -0.275. The number of nitrogens with one attached hydrogen (secondary N) is 1. The summed E-state index contributed by atoms with van der Waals surface area (Å²) >= 11 is 0. The molecule has 3 nitrogen and oxygen atoms in total. The van der Waals surface area contributed by atoms with Crippen molar-refractivity contribution in [3.8, 4) is 0 Å². The molecule has 0 unspecified atom stereocenters. The van der Waals surface area contributed by atoms with Crippen molar-refractivity contribution in [2.75, 3.05) is 6.54 Å². The normalized spacial score (nSPS) is 11.0. The van der Waals surface area contributed by atoms with Crippen molar-refractivity contribution in [2.24, 2.45) is 0 Å². The van der Waals surface area contributed by atoms with Crippen molar-refractivity contribution in [2.45, 2.75) is 26.8 Å². The summed E-state index contributed by atoms with van der Waals surface area (Å²) in [5, 5.41) is 1.09. The van der Waals surface area contributed by atoms with E-state index in [4.69, 9.17) is 0 Å². The molecular formula is C20H21FN2O. The van der Waals surface area contributed by atoms with E-state index in [1.807, 2.05) is 44.2 Å². The van der Waals surface area contributed by atoms with E-state index in [9.17, 15) is 9.18 Å². The molecule has 2 aromatic carbocycles. The minimum absolute atomic E-state index is 0.0506. The fourth-order valence-corrected chi connectivity index (χ4v) is 3.06. The van der Waals surface area contributed by atoms with Gasteiger partial charge in [-0.15, -0.1) is 0 Å². The Morgan fingerprint density at radius 2 is 1.96 bits per heavy atom. The number of hydrogen-bond donors (Lipinski definition) is 1. The maximum absolute atomic E-state index is 13.3. The highest BCUT2D eigenvalue weighted by Gasteiger charge is 2.17. The number of H-pyrrole nitrogens is 1. The van der Waals surface area contributed by atoms with Gasteiger partial charge >= 0.3 is 0 Å². The van der Waals surface area contributed by atoms with Crippen molar-refractivity contribution < 1.29 is 9.18 Å². The molecule has 4 heteroatoms. The van der Waals surface area contributed by atoms with Crippen molar-refractivity contribution in [1.82, 2.24) is 9.88 Å². The maximum atomic E-state index is 13.3. The van der Waals surface area contributed by atoms with E-state index in [2.05, 4.69) is 4.98 Å². The summed E-state index contributed by atoms with van der Waals surface area (Å²) in [6, 6.07) is 14.4. The van der Waals surface area contributed by atoms with Gasteiger partial charge in [0, 0.05) is 29.7 Å². The molecule has 0 fully saturated rings. The lowest BCUT2D eigenvalue weighted by atomic mass is 10.1. The SMILES string of the molecule is CCN(Cc1cccc(F)c1)C(=O)Cc1c(C)[nH]c2ccccc12. The molecule has 1 aromatic heterocycles. The molecule has 0 radical (unpaired) electrons. The lowest BCUT2D eigenvalue weighted by Crippen LogP contribution is -2.31. The average molecular weight is 324 g/mol. The molecule has 3 rings (SSSR count). The third kappa shape index (κ3) is 3.32. The second kappa shape index (κ2) is 6.87. The van der Waals surface area contributed by atoms with Crippen LogP contribution in [-0.4, -0.2) is 22.3 Å². The number of likely N-dealkylation sites (N-methyl/N-ethyl adjacent to an activating group) is 1. The van der Waals surface area contributed by atoms with Gasteiger partial charge in [-0.25, -0.2) is 4.39 Å². The number of halogens is 1. The van der Waals surface area contributed by atoms with Crippen LogP contribution in [0.5, 0.6) is 0 Å². The third-order valence-corrected chi connectivity index (χ3v) is 4.35. The van der Waals surface area contributed by atoms with Crippen molar-refractivity contribution in [3.05, 3.63) is 71.2 Å². The molecule has 3 aromatic rings. The predicted molar refractivity (Wildman–Crippen MR) is 94.2 cm³/mol. The number of benzene rings is 2. The molecular weight excluding hydrogens is 303 g/mol. The van der Waals surface area contributed by atoms with E-state index in [1.165, 1.54) is 12.1 Å². The van der Waals surface area contributed by atoms with E-state index in [0.717, 1.165) is 27.7 Å². The number of hydrogen-bond acceptors (Lipinski definition) is 1. The van der Waals surface area contributed by atoms with Gasteiger partial charge in [-0.3, -0.25) is 4.79 Å². The van der Waals surface area contributed by atoms with E-state index in [0.29, 0.717) is 19.5 Å². The summed E-state index contributed by atoms with van der Waals surface area (Å²) in [5.74, 6) is -0.224. The molecule has 0 aliphatic rings. The summed E-state index contributed by atoms with van der Waals surface area (Å²) in [6.45, 7) is 4.95. The van der Waals surface area contributed by atoms with Gasteiger partial charge in [0.15, 0.2) is 0 Å². The van der Waals surface area contributed by atoms with Crippen molar-refractivity contribution in [1.29, 1.82) is 0 Å². The van der Waals surface area contributed by atoms with Gasteiger partial charge in [0.1, 0.15) is 5.82 Å². The van der Waals surface area contributed by atoms with Crippen LogP contribution >= 0.6 is 0 Å². The number of aromatic amines is 1. The smallest absolute Gasteiger partial charge is 0.227 e. The number of nitrogens with zero attached hydrogens (tertiary/aromatic N) is 1. The molecule has 0 spiro atoms. The second-order valence-electron chi connectivity index (χ2n) is 5.99. The number of rotatable bonds is 5. The highest BCUT2D eigenvalue weighted by molar-refractivity contribution is 5.90. The lowest BCUT2D eigenvalue weighted by Gasteiger charge is -2.21. The number of carbonyl (C=O) groups excluding carboxylic acids is 1. The van der Waals surface area contributed by atoms with Crippen LogP contribution in [0.25, 0.3) is 10.9 Å². The molecule has 0 aliphatic heterocycles. The van der Waals surface area contributed by atoms with Gasteiger partial charge in [0.25, 0.3) is 0 Å². The second-order valence-corrected chi connectivity index (χ2v) is 5.99. The van der Waals surface area contributed by atoms with Crippen LogP contribution in [0, 0.1) is 12.7 Å². The van der Waals surface area contributed by atoms with E-state index in [-0.39, 0.29) is 11.7 Å². The van der Waals surface area contributed by atoms with Crippen LogP contribution in [0.3, 0.4) is 0 Å². The van der Waals surface area contributed by atoms with Gasteiger partial charge in [0.05, 0.1) is 6.42 Å². The van der Waals surface area contributed by atoms with Crippen LogP contribution in [0.4, 0.5) is 4.39 Å². The number of para-hydroxylation sites is 1. The van der Waals surface area contributed by atoms with Crippen LogP contribution in [0.1, 0.15) is 23.7 Å². The first kappa shape index (κ1) is 16.2.